The number of fused-ring (bicyclic) bond motifs is 1. The number of nitrogens with one attached hydrogen (secondary N) is 1. The second-order valence-corrected chi connectivity index (χ2v) is 9.07. The van der Waals surface area contributed by atoms with Gasteiger partial charge in [-0.2, -0.15) is 0 Å². The lowest BCUT2D eigenvalue weighted by Crippen LogP contribution is -2.64. The van der Waals surface area contributed by atoms with Crippen molar-refractivity contribution in [3.05, 3.63) is 70.7 Å². The van der Waals surface area contributed by atoms with Gasteiger partial charge < -0.3 is 14.7 Å². The van der Waals surface area contributed by atoms with Crippen molar-refractivity contribution in [2.75, 3.05) is 33.2 Å². The van der Waals surface area contributed by atoms with Gasteiger partial charge in [-0.05, 0) is 17.2 Å². The molecule has 3 aliphatic heterocycles. The summed E-state index contributed by atoms with van der Waals surface area (Å²) in [4.78, 5) is 38.1. The largest absolute Gasteiger partial charge is 0.340 e. The van der Waals surface area contributed by atoms with Crippen LogP contribution in [0, 0.1) is 0 Å². The number of benzene rings is 2. The van der Waals surface area contributed by atoms with Gasteiger partial charge in [-0.15, -0.1) is 0 Å². The molecule has 2 saturated heterocycles. The molecule has 33 heavy (non-hydrogen) atoms. The molecular weight excluding hydrogens is 440 g/mol. The molecule has 8 nitrogen and oxygen atoms in total. The first-order valence-corrected chi connectivity index (χ1v) is 11.6. The normalized spacial score (nSPS) is 23.5. The lowest BCUT2D eigenvalue weighted by molar-refractivity contribution is -0.127. The minimum Gasteiger partial charge on any atom is -0.340 e. The Morgan fingerprint density at radius 2 is 1.67 bits per heavy atom. The van der Waals surface area contributed by atoms with Crippen LogP contribution in [0.15, 0.2) is 59.6 Å². The van der Waals surface area contributed by atoms with Crippen LogP contribution in [0.2, 0.25) is 5.02 Å². The highest BCUT2D eigenvalue weighted by Crippen LogP contribution is 2.29. The molecule has 0 aromatic heterocycles. The van der Waals surface area contributed by atoms with Crippen molar-refractivity contribution in [3.63, 3.8) is 0 Å². The summed E-state index contributed by atoms with van der Waals surface area (Å²) in [5.41, 5.74) is 2.22. The summed E-state index contributed by atoms with van der Waals surface area (Å²) < 4.78 is 0. The summed E-state index contributed by atoms with van der Waals surface area (Å²) in [5, 5.41) is 3.11. The highest BCUT2D eigenvalue weighted by molar-refractivity contribution is 6.31. The van der Waals surface area contributed by atoms with Gasteiger partial charge in [0.05, 0.1) is 0 Å². The molecule has 0 radical (unpaired) electrons. The van der Waals surface area contributed by atoms with E-state index in [0.717, 1.165) is 44.2 Å². The maximum atomic E-state index is 12.9. The van der Waals surface area contributed by atoms with E-state index in [2.05, 4.69) is 39.4 Å². The Bertz CT molecular complexity index is 1070. The molecule has 2 fully saturated rings. The zero-order valence-corrected chi connectivity index (χ0v) is 19.3. The maximum absolute atomic E-state index is 12.9. The predicted octanol–water partition coefficient (Wildman–Crippen LogP) is 2.21. The number of halogens is 1. The first-order valence-electron chi connectivity index (χ1n) is 11.2. The van der Waals surface area contributed by atoms with Gasteiger partial charge in [-0.1, -0.05) is 60.1 Å². The molecule has 5 rings (SSSR count). The molecule has 2 aromatic carbocycles. The van der Waals surface area contributed by atoms with Gasteiger partial charge >= 0.3 is 6.03 Å². The number of hydrogen-bond acceptors (Lipinski definition) is 6. The third-order valence-electron chi connectivity index (χ3n) is 6.54. The highest BCUT2D eigenvalue weighted by Gasteiger charge is 2.49. The number of rotatable bonds is 4. The lowest BCUT2D eigenvalue weighted by atomic mass is 10.1. The predicted molar refractivity (Wildman–Crippen MR) is 127 cm³/mol. The third kappa shape index (κ3) is 4.28. The van der Waals surface area contributed by atoms with Gasteiger partial charge in [0.1, 0.15) is 0 Å². The van der Waals surface area contributed by atoms with Crippen molar-refractivity contribution in [1.29, 1.82) is 0 Å². The van der Waals surface area contributed by atoms with E-state index >= 15 is 0 Å². The van der Waals surface area contributed by atoms with Gasteiger partial charge in [0.15, 0.2) is 18.2 Å². The maximum Gasteiger partial charge on any atom is 0.325 e. The Balaban J connectivity index is 1.36. The van der Waals surface area contributed by atoms with E-state index in [1.165, 1.54) is 10.5 Å². The first-order chi connectivity index (χ1) is 16.0. The number of imide groups is 1. The quantitative estimate of drug-likeness (QED) is 0.748. The molecule has 3 heterocycles. The Hall–Kier alpha value is -3.10. The van der Waals surface area contributed by atoms with Crippen molar-refractivity contribution < 1.29 is 9.59 Å². The summed E-state index contributed by atoms with van der Waals surface area (Å²) in [6.07, 6.45) is -0.550. The van der Waals surface area contributed by atoms with Crippen LogP contribution in [-0.4, -0.2) is 82.9 Å². The standard InChI is InChI=1S/C24H27ClN6O2/c1-28-21-20(22(32)27-24(28)33)31(16-18-9-5-6-10-19(18)25)23(26-21)30-13-11-29(12-14-30)15-17-7-3-2-4-8-17/h2-10,20-21H,11-16H2,1H3,(H,27,32,33). The monoisotopic (exact) mass is 466 g/mol. The number of piperazine rings is 1. The summed E-state index contributed by atoms with van der Waals surface area (Å²) in [6, 6.07) is 17.1. The Morgan fingerprint density at radius 1 is 0.970 bits per heavy atom. The minimum atomic E-state index is -0.582. The van der Waals surface area contributed by atoms with Crippen LogP contribution >= 0.6 is 11.6 Å². The van der Waals surface area contributed by atoms with Crippen LogP contribution in [0.3, 0.4) is 0 Å². The number of urea groups is 1. The average molecular weight is 467 g/mol. The number of guanidine groups is 1. The summed E-state index contributed by atoms with van der Waals surface area (Å²) in [7, 11) is 1.68. The molecule has 0 aliphatic carbocycles. The number of carbonyl (C=O) groups excluding carboxylic acids is 2. The van der Waals surface area contributed by atoms with Crippen LogP contribution in [0.5, 0.6) is 0 Å². The van der Waals surface area contributed by atoms with Crippen molar-refractivity contribution in [1.82, 2.24) is 24.9 Å². The molecule has 1 N–H and O–H groups in total. The Labute approximate surface area is 198 Å². The number of nitrogens with zero attached hydrogens (tertiary/aromatic N) is 5. The number of hydrogen-bond donors (Lipinski definition) is 1. The fraction of sp³-hybridized carbons (Fsp3) is 0.375. The summed E-state index contributed by atoms with van der Waals surface area (Å²) >= 11 is 6.44. The minimum absolute atomic E-state index is 0.323. The van der Waals surface area contributed by atoms with Gasteiger partial charge in [-0.3, -0.25) is 15.0 Å². The molecule has 3 amide bonds. The van der Waals surface area contributed by atoms with Crippen LogP contribution in [-0.2, 0) is 17.9 Å². The molecule has 2 aromatic rings. The van der Waals surface area contributed by atoms with Crippen molar-refractivity contribution in [2.24, 2.45) is 4.99 Å². The van der Waals surface area contributed by atoms with Gasteiger partial charge in [0.25, 0.3) is 5.91 Å². The van der Waals surface area contributed by atoms with E-state index in [1.54, 1.807) is 7.05 Å². The van der Waals surface area contributed by atoms with E-state index in [4.69, 9.17) is 16.6 Å². The second kappa shape index (κ2) is 9.03. The van der Waals surface area contributed by atoms with Crippen molar-refractivity contribution in [3.8, 4) is 0 Å². The van der Waals surface area contributed by atoms with Gasteiger partial charge in [-0.25, -0.2) is 9.79 Å². The van der Waals surface area contributed by atoms with Crippen molar-refractivity contribution in [2.45, 2.75) is 25.3 Å². The van der Waals surface area contributed by atoms with E-state index in [1.807, 2.05) is 35.2 Å². The van der Waals surface area contributed by atoms with Crippen LogP contribution in [0.25, 0.3) is 0 Å². The second-order valence-electron chi connectivity index (χ2n) is 8.66. The molecule has 0 bridgehead atoms. The summed E-state index contributed by atoms with van der Waals surface area (Å²) in [5.74, 6) is 0.428. The fourth-order valence-electron chi connectivity index (χ4n) is 4.70. The SMILES string of the molecule is CN1C(=O)NC(=O)C2C1N=C(N1CCN(Cc3ccccc3)CC1)N2Cc1ccccc1Cl. The smallest absolute Gasteiger partial charge is 0.325 e. The molecule has 2 unspecified atom stereocenters. The lowest BCUT2D eigenvalue weighted by Gasteiger charge is -2.40. The summed E-state index contributed by atoms with van der Waals surface area (Å²) in [6.45, 7) is 4.73. The van der Waals surface area contributed by atoms with E-state index < -0.39 is 18.2 Å². The highest BCUT2D eigenvalue weighted by atomic mass is 35.5. The number of carbonyl (C=O) groups is 2. The Kier molecular flexibility index (Phi) is 5.95. The number of likely N-dealkylation sites (N-methyl/N-ethyl adjacent to an activating group) is 1. The van der Waals surface area contributed by atoms with Crippen molar-refractivity contribution >= 4 is 29.5 Å². The fourth-order valence-corrected chi connectivity index (χ4v) is 4.90. The zero-order chi connectivity index (χ0) is 22.9. The first kappa shape index (κ1) is 21.7. The van der Waals surface area contributed by atoms with E-state index in [-0.39, 0.29) is 5.91 Å². The zero-order valence-electron chi connectivity index (χ0n) is 18.5. The molecular formula is C24H27ClN6O2. The molecule has 172 valence electrons. The molecule has 9 heteroatoms. The van der Waals surface area contributed by atoms with Gasteiger partial charge in [0.2, 0.25) is 0 Å². The molecule has 0 saturated carbocycles. The molecule has 2 atom stereocenters. The van der Waals surface area contributed by atoms with Crippen LogP contribution in [0.4, 0.5) is 4.79 Å². The topological polar surface area (TPSA) is 71.5 Å². The average Bonchev–Trinajstić information content (AvgIpc) is 3.20. The number of aliphatic imine (C=N–C) groups is 1. The van der Waals surface area contributed by atoms with Crippen LogP contribution in [0.1, 0.15) is 11.1 Å². The van der Waals surface area contributed by atoms with E-state index in [0.29, 0.717) is 11.6 Å². The molecule has 0 spiro atoms. The van der Waals surface area contributed by atoms with E-state index in [9.17, 15) is 9.59 Å². The Morgan fingerprint density at radius 3 is 2.39 bits per heavy atom. The van der Waals surface area contributed by atoms with Crippen LogP contribution < -0.4 is 5.32 Å². The number of amides is 3. The van der Waals surface area contributed by atoms with Gasteiger partial charge in [0, 0.05) is 51.3 Å². The third-order valence-corrected chi connectivity index (χ3v) is 6.91. The molecule has 3 aliphatic rings.